The van der Waals surface area contributed by atoms with Crippen LogP contribution in [-0.2, 0) is 0 Å². The first kappa shape index (κ1) is 12.2. The summed E-state index contributed by atoms with van der Waals surface area (Å²) in [6.07, 6.45) is 3.15. The Bertz CT molecular complexity index is 560. The highest BCUT2D eigenvalue weighted by Crippen LogP contribution is 2.33. The van der Waals surface area contributed by atoms with Gasteiger partial charge < -0.3 is 10.5 Å². The molecule has 17 heavy (non-hydrogen) atoms. The third kappa shape index (κ3) is 2.90. The number of nitrogens with zero attached hydrogens (tertiary/aromatic N) is 1. The lowest BCUT2D eigenvalue weighted by Gasteiger charge is -2.10. The molecule has 0 spiro atoms. The first-order chi connectivity index (χ1) is 8.06. The van der Waals surface area contributed by atoms with Gasteiger partial charge in [-0.3, -0.25) is 4.98 Å². The van der Waals surface area contributed by atoms with Gasteiger partial charge in [0.15, 0.2) is 0 Å². The monoisotopic (exact) mass is 312 g/mol. The molecule has 2 aromatic rings. The molecule has 3 nitrogen and oxygen atoms in total. The van der Waals surface area contributed by atoms with Crippen molar-refractivity contribution in [3.63, 3.8) is 0 Å². The fourth-order valence-corrected chi connectivity index (χ4v) is 1.93. The quantitative estimate of drug-likeness (QED) is 0.846. The lowest BCUT2D eigenvalue weighted by Crippen LogP contribution is -1.92. The number of hydrogen-bond donors (Lipinski definition) is 1. The summed E-state index contributed by atoms with van der Waals surface area (Å²) in [5.74, 6) is 1.27. The Balaban J connectivity index is 2.33. The molecular weight excluding hydrogens is 304 g/mol. The van der Waals surface area contributed by atoms with E-state index in [2.05, 4.69) is 20.9 Å². The smallest absolute Gasteiger partial charge is 0.147 e. The van der Waals surface area contributed by atoms with Crippen molar-refractivity contribution in [1.29, 1.82) is 0 Å². The second-order valence-electron chi connectivity index (χ2n) is 3.58. The fraction of sp³-hybridized carbons (Fsp3) is 0.0833. The SMILES string of the molecule is Cc1cc(Oc2cncc(Cl)c2)c(Br)cc1N. The molecule has 0 radical (unpaired) electrons. The molecular formula is C12H10BrClN2O. The molecule has 0 bridgehead atoms. The average Bonchev–Trinajstić information content (AvgIpc) is 2.26. The van der Waals surface area contributed by atoms with Crippen LogP contribution in [0.25, 0.3) is 0 Å². The lowest BCUT2D eigenvalue weighted by atomic mass is 10.2. The third-order valence-electron chi connectivity index (χ3n) is 2.23. The number of nitrogen functional groups attached to an aromatic ring is 1. The minimum atomic E-state index is 0.533. The van der Waals surface area contributed by atoms with Gasteiger partial charge in [0.1, 0.15) is 11.5 Å². The second-order valence-corrected chi connectivity index (χ2v) is 4.87. The first-order valence-corrected chi connectivity index (χ1v) is 6.07. The number of rotatable bonds is 2. The van der Waals surface area contributed by atoms with Crippen LogP contribution in [0.4, 0.5) is 5.69 Å². The maximum absolute atomic E-state index is 5.83. The van der Waals surface area contributed by atoms with Crippen molar-refractivity contribution in [3.05, 3.63) is 45.7 Å². The highest BCUT2D eigenvalue weighted by atomic mass is 79.9. The normalized spacial score (nSPS) is 10.3. The van der Waals surface area contributed by atoms with Crippen molar-refractivity contribution in [2.24, 2.45) is 0 Å². The number of halogens is 2. The number of aromatic nitrogens is 1. The van der Waals surface area contributed by atoms with E-state index < -0.39 is 0 Å². The third-order valence-corrected chi connectivity index (χ3v) is 3.05. The standard InChI is InChI=1S/C12H10BrClN2O/c1-7-2-12(10(13)4-11(7)15)17-9-3-8(14)5-16-6-9/h2-6H,15H2,1H3. The van der Waals surface area contributed by atoms with Gasteiger partial charge in [0, 0.05) is 18.0 Å². The minimum absolute atomic E-state index is 0.533. The zero-order valence-corrected chi connectivity index (χ0v) is 11.4. The summed E-state index contributed by atoms with van der Waals surface area (Å²) in [5, 5.41) is 0.533. The van der Waals surface area contributed by atoms with E-state index in [1.54, 1.807) is 18.5 Å². The van der Waals surface area contributed by atoms with E-state index in [1.165, 1.54) is 0 Å². The maximum Gasteiger partial charge on any atom is 0.147 e. The van der Waals surface area contributed by atoms with E-state index in [-0.39, 0.29) is 0 Å². The van der Waals surface area contributed by atoms with E-state index in [0.29, 0.717) is 22.2 Å². The van der Waals surface area contributed by atoms with Crippen molar-refractivity contribution < 1.29 is 4.74 Å². The highest BCUT2D eigenvalue weighted by Gasteiger charge is 2.06. The molecule has 0 atom stereocenters. The Morgan fingerprint density at radius 3 is 2.76 bits per heavy atom. The van der Waals surface area contributed by atoms with Gasteiger partial charge in [0.2, 0.25) is 0 Å². The Kier molecular flexibility index (Phi) is 3.54. The Hall–Kier alpha value is -1.26. The van der Waals surface area contributed by atoms with Gasteiger partial charge in [-0.1, -0.05) is 11.6 Å². The summed E-state index contributed by atoms with van der Waals surface area (Å²) >= 11 is 9.23. The van der Waals surface area contributed by atoms with Gasteiger partial charge in [-0.25, -0.2) is 0 Å². The summed E-state index contributed by atoms with van der Waals surface area (Å²) in [5.41, 5.74) is 7.46. The van der Waals surface area contributed by atoms with E-state index in [4.69, 9.17) is 22.1 Å². The molecule has 2 rings (SSSR count). The number of benzene rings is 1. The molecule has 0 aliphatic heterocycles. The van der Waals surface area contributed by atoms with Gasteiger partial charge in [-0.15, -0.1) is 0 Å². The molecule has 0 unspecified atom stereocenters. The van der Waals surface area contributed by atoms with Crippen LogP contribution in [0.1, 0.15) is 5.56 Å². The van der Waals surface area contributed by atoms with Crippen LogP contribution < -0.4 is 10.5 Å². The second kappa shape index (κ2) is 4.94. The van der Waals surface area contributed by atoms with E-state index >= 15 is 0 Å². The average molecular weight is 314 g/mol. The van der Waals surface area contributed by atoms with E-state index in [1.807, 2.05) is 19.1 Å². The molecule has 1 heterocycles. The van der Waals surface area contributed by atoms with Gasteiger partial charge in [-0.05, 0) is 40.5 Å². The van der Waals surface area contributed by atoms with E-state index in [9.17, 15) is 0 Å². The predicted octanol–water partition coefficient (Wildman–Crippen LogP) is 4.18. The van der Waals surface area contributed by atoms with Crippen LogP contribution in [0.15, 0.2) is 35.1 Å². The Morgan fingerprint density at radius 1 is 1.29 bits per heavy atom. The number of anilines is 1. The Labute approximate surface area is 113 Å². The molecule has 2 N–H and O–H groups in total. The Morgan fingerprint density at radius 2 is 2.06 bits per heavy atom. The molecule has 0 saturated heterocycles. The van der Waals surface area contributed by atoms with Crippen molar-refractivity contribution in [3.8, 4) is 11.5 Å². The van der Waals surface area contributed by atoms with E-state index in [0.717, 1.165) is 10.0 Å². The predicted molar refractivity (Wildman–Crippen MR) is 72.6 cm³/mol. The number of pyridine rings is 1. The van der Waals surface area contributed by atoms with Gasteiger partial charge >= 0.3 is 0 Å². The van der Waals surface area contributed by atoms with Crippen LogP contribution in [0.5, 0.6) is 11.5 Å². The molecule has 88 valence electrons. The fourth-order valence-electron chi connectivity index (χ4n) is 1.32. The van der Waals surface area contributed by atoms with Crippen molar-refractivity contribution in [1.82, 2.24) is 4.98 Å². The molecule has 1 aromatic heterocycles. The van der Waals surface area contributed by atoms with Crippen molar-refractivity contribution in [2.75, 3.05) is 5.73 Å². The number of hydrogen-bond acceptors (Lipinski definition) is 3. The summed E-state index contributed by atoms with van der Waals surface area (Å²) in [7, 11) is 0. The van der Waals surface area contributed by atoms with Crippen LogP contribution in [0.2, 0.25) is 5.02 Å². The summed E-state index contributed by atoms with van der Waals surface area (Å²) in [6.45, 7) is 1.92. The summed E-state index contributed by atoms with van der Waals surface area (Å²) in [4.78, 5) is 3.95. The topological polar surface area (TPSA) is 48.1 Å². The molecule has 0 saturated carbocycles. The molecule has 0 aliphatic rings. The van der Waals surface area contributed by atoms with Gasteiger partial charge in [0.25, 0.3) is 0 Å². The van der Waals surface area contributed by atoms with Crippen molar-refractivity contribution >= 4 is 33.2 Å². The largest absolute Gasteiger partial charge is 0.454 e. The van der Waals surface area contributed by atoms with Crippen molar-refractivity contribution in [2.45, 2.75) is 6.92 Å². The van der Waals surface area contributed by atoms with Crippen LogP contribution in [-0.4, -0.2) is 4.98 Å². The highest BCUT2D eigenvalue weighted by molar-refractivity contribution is 9.10. The number of nitrogens with two attached hydrogens (primary N) is 1. The number of ether oxygens (including phenoxy) is 1. The first-order valence-electron chi connectivity index (χ1n) is 4.90. The molecule has 5 heteroatoms. The van der Waals surface area contributed by atoms with Crippen LogP contribution in [0, 0.1) is 6.92 Å². The zero-order chi connectivity index (χ0) is 12.4. The summed E-state index contributed by atoms with van der Waals surface area (Å²) in [6, 6.07) is 5.37. The zero-order valence-electron chi connectivity index (χ0n) is 9.08. The molecule has 0 fully saturated rings. The van der Waals surface area contributed by atoms with Crippen LogP contribution in [0.3, 0.4) is 0 Å². The van der Waals surface area contributed by atoms with Gasteiger partial charge in [0.05, 0.1) is 15.7 Å². The molecule has 1 aromatic carbocycles. The van der Waals surface area contributed by atoms with Crippen LogP contribution >= 0.6 is 27.5 Å². The maximum atomic E-state index is 5.83. The molecule has 0 amide bonds. The summed E-state index contributed by atoms with van der Waals surface area (Å²) < 4.78 is 6.47. The van der Waals surface area contributed by atoms with Gasteiger partial charge in [-0.2, -0.15) is 0 Å². The molecule has 0 aliphatic carbocycles. The minimum Gasteiger partial charge on any atom is -0.454 e. The number of aryl methyl sites for hydroxylation is 1. The lowest BCUT2D eigenvalue weighted by molar-refractivity contribution is 0.477.